The highest BCUT2D eigenvalue weighted by Crippen LogP contribution is 2.46. The number of hydrogen-bond donors (Lipinski definition) is 0. The van der Waals surface area contributed by atoms with E-state index in [2.05, 4.69) is 25.9 Å². The fraction of sp³-hybridized carbons (Fsp3) is 0.929. The Labute approximate surface area is 109 Å². The number of ether oxygens (including phenoxy) is 2. The summed E-state index contributed by atoms with van der Waals surface area (Å²) in [5.74, 6) is -0.306. The molecule has 2 spiro atoms. The van der Waals surface area contributed by atoms with E-state index in [0.717, 1.165) is 45.3 Å². The van der Waals surface area contributed by atoms with Gasteiger partial charge in [-0.1, -0.05) is 25.9 Å². The monoisotopic (exact) mass is 253 g/mol. The van der Waals surface area contributed by atoms with Crippen LogP contribution in [0.3, 0.4) is 0 Å². The highest BCUT2D eigenvalue weighted by atomic mass is 16.7. The number of oxime groups is 1. The average molecular weight is 253 g/mol. The zero-order valence-corrected chi connectivity index (χ0v) is 11.6. The minimum absolute atomic E-state index is 0.0802. The van der Waals surface area contributed by atoms with Gasteiger partial charge in [-0.25, -0.2) is 0 Å². The van der Waals surface area contributed by atoms with Crippen molar-refractivity contribution in [3.63, 3.8) is 0 Å². The van der Waals surface area contributed by atoms with Crippen LogP contribution in [0.15, 0.2) is 5.16 Å². The van der Waals surface area contributed by atoms with Gasteiger partial charge < -0.3 is 14.3 Å². The zero-order chi connectivity index (χ0) is 12.9. The lowest BCUT2D eigenvalue weighted by molar-refractivity contribution is -0.206. The highest BCUT2D eigenvalue weighted by Gasteiger charge is 2.51. The lowest BCUT2D eigenvalue weighted by Crippen LogP contribution is -2.44. The van der Waals surface area contributed by atoms with Gasteiger partial charge in [-0.15, -0.1) is 0 Å². The fourth-order valence-electron chi connectivity index (χ4n) is 3.06. The Balaban J connectivity index is 1.64. The zero-order valence-electron chi connectivity index (χ0n) is 11.6. The van der Waals surface area contributed by atoms with Gasteiger partial charge in [0.2, 0.25) is 0 Å². The van der Waals surface area contributed by atoms with Crippen LogP contribution in [0.2, 0.25) is 0 Å². The Hall–Kier alpha value is -0.610. The standard InChI is InChI=1S/C14H23NO3/c1-12(2,3)11-10-13(18-15-11)4-6-14(7-5-13)16-8-9-17-14/h4-10H2,1-3H3. The van der Waals surface area contributed by atoms with Gasteiger partial charge in [0.05, 0.1) is 18.9 Å². The summed E-state index contributed by atoms with van der Waals surface area (Å²) in [6.07, 6.45) is 4.79. The van der Waals surface area contributed by atoms with Crippen molar-refractivity contribution in [2.45, 2.75) is 64.3 Å². The van der Waals surface area contributed by atoms with E-state index in [4.69, 9.17) is 14.3 Å². The summed E-state index contributed by atoms with van der Waals surface area (Å²) in [5.41, 5.74) is 1.22. The van der Waals surface area contributed by atoms with Crippen molar-refractivity contribution in [2.75, 3.05) is 13.2 Å². The van der Waals surface area contributed by atoms with Gasteiger partial charge in [0.1, 0.15) is 5.60 Å². The van der Waals surface area contributed by atoms with E-state index in [-0.39, 0.29) is 16.8 Å². The molecular formula is C14H23NO3. The summed E-state index contributed by atoms with van der Waals surface area (Å²) in [4.78, 5) is 5.80. The maximum Gasteiger partial charge on any atom is 0.168 e. The van der Waals surface area contributed by atoms with E-state index in [1.54, 1.807) is 0 Å². The second kappa shape index (κ2) is 3.94. The van der Waals surface area contributed by atoms with Crippen molar-refractivity contribution in [3.05, 3.63) is 0 Å². The maximum absolute atomic E-state index is 5.80. The molecule has 3 aliphatic rings. The Morgan fingerprint density at radius 1 is 1.00 bits per heavy atom. The molecule has 3 rings (SSSR count). The van der Waals surface area contributed by atoms with Crippen molar-refractivity contribution in [1.29, 1.82) is 0 Å². The molecular weight excluding hydrogens is 230 g/mol. The molecule has 2 aliphatic heterocycles. The minimum atomic E-state index is -0.306. The second-order valence-electron chi connectivity index (χ2n) is 6.85. The molecule has 0 aromatic carbocycles. The third-order valence-electron chi connectivity index (χ3n) is 4.44. The summed E-state index contributed by atoms with van der Waals surface area (Å²) in [6, 6.07) is 0. The summed E-state index contributed by atoms with van der Waals surface area (Å²) < 4.78 is 11.5. The van der Waals surface area contributed by atoms with E-state index < -0.39 is 0 Å². The molecule has 4 nitrogen and oxygen atoms in total. The van der Waals surface area contributed by atoms with Crippen LogP contribution >= 0.6 is 0 Å². The van der Waals surface area contributed by atoms with Gasteiger partial charge in [0.15, 0.2) is 5.79 Å². The molecule has 0 atom stereocenters. The SMILES string of the molecule is CC(C)(C)C1=NOC2(CCC3(CC2)OCCO3)C1. The molecule has 0 amide bonds. The predicted octanol–water partition coefficient (Wildman–Crippen LogP) is 2.86. The molecule has 0 N–H and O–H groups in total. The molecule has 0 aromatic heterocycles. The molecule has 2 heterocycles. The third-order valence-corrected chi connectivity index (χ3v) is 4.44. The van der Waals surface area contributed by atoms with E-state index in [1.165, 1.54) is 5.71 Å². The van der Waals surface area contributed by atoms with Gasteiger partial charge in [0, 0.05) is 24.7 Å². The van der Waals surface area contributed by atoms with E-state index in [9.17, 15) is 0 Å². The molecule has 2 fully saturated rings. The summed E-state index contributed by atoms with van der Waals surface area (Å²) in [5, 5.41) is 4.33. The smallest absolute Gasteiger partial charge is 0.168 e. The Morgan fingerprint density at radius 3 is 2.11 bits per heavy atom. The van der Waals surface area contributed by atoms with Crippen LogP contribution in [0.5, 0.6) is 0 Å². The van der Waals surface area contributed by atoms with Crippen LogP contribution in [-0.2, 0) is 14.3 Å². The van der Waals surface area contributed by atoms with E-state index in [1.807, 2.05) is 0 Å². The molecule has 0 unspecified atom stereocenters. The van der Waals surface area contributed by atoms with Crippen LogP contribution in [0.4, 0.5) is 0 Å². The van der Waals surface area contributed by atoms with Gasteiger partial charge in [0.25, 0.3) is 0 Å². The van der Waals surface area contributed by atoms with Crippen LogP contribution in [0, 0.1) is 5.41 Å². The Morgan fingerprint density at radius 2 is 1.61 bits per heavy atom. The number of rotatable bonds is 0. The third kappa shape index (κ3) is 2.05. The van der Waals surface area contributed by atoms with Crippen molar-refractivity contribution >= 4 is 5.71 Å². The number of hydrogen-bond acceptors (Lipinski definition) is 4. The molecule has 18 heavy (non-hydrogen) atoms. The molecule has 102 valence electrons. The van der Waals surface area contributed by atoms with Crippen LogP contribution in [0.1, 0.15) is 52.9 Å². The van der Waals surface area contributed by atoms with Gasteiger partial charge in [-0.3, -0.25) is 0 Å². The first-order valence-corrected chi connectivity index (χ1v) is 6.97. The first kappa shape index (κ1) is 12.4. The van der Waals surface area contributed by atoms with Crippen LogP contribution in [-0.4, -0.2) is 30.3 Å². The van der Waals surface area contributed by atoms with Gasteiger partial charge in [-0.2, -0.15) is 0 Å². The molecule has 1 saturated carbocycles. The van der Waals surface area contributed by atoms with Crippen LogP contribution < -0.4 is 0 Å². The fourth-order valence-corrected chi connectivity index (χ4v) is 3.06. The highest BCUT2D eigenvalue weighted by molar-refractivity contribution is 5.90. The molecule has 1 saturated heterocycles. The van der Waals surface area contributed by atoms with Gasteiger partial charge >= 0.3 is 0 Å². The van der Waals surface area contributed by atoms with Crippen molar-refractivity contribution in [3.8, 4) is 0 Å². The van der Waals surface area contributed by atoms with E-state index >= 15 is 0 Å². The predicted molar refractivity (Wildman–Crippen MR) is 68.4 cm³/mol. The normalized spacial score (nSPS) is 29.6. The molecule has 1 aliphatic carbocycles. The van der Waals surface area contributed by atoms with E-state index in [0.29, 0.717) is 0 Å². The molecule has 4 heteroatoms. The van der Waals surface area contributed by atoms with Gasteiger partial charge in [-0.05, 0) is 12.8 Å². The molecule has 0 aromatic rings. The summed E-state index contributed by atoms with van der Waals surface area (Å²) in [7, 11) is 0. The Bertz CT molecular complexity index is 354. The maximum atomic E-state index is 5.80. The molecule has 0 radical (unpaired) electrons. The van der Waals surface area contributed by atoms with Crippen LogP contribution in [0.25, 0.3) is 0 Å². The van der Waals surface area contributed by atoms with Crippen molar-refractivity contribution in [1.82, 2.24) is 0 Å². The topological polar surface area (TPSA) is 40.0 Å². The lowest BCUT2D eigenvalue weighted by Gasteiger charge is -2.39. The quantitative estimate of drug-likeness (QED) is 0.666. The minimum Gasteiger partial charge on any atom is -0.389 e. The summed E-state index contributed by atoms with van der Waals surface area (Å²) in [6.45, 7) is 8.06. The van der Waals surface area contributed by atoms with Crippen molar-refractivity contribution < 1.29 is 14.3 Å². The summed E-state index contributed by atoms with van der Waals surface area (Å²) >= 11 is 0. The Kier molecular flexibility index (Phi) is 2.72. The van der Waals surface area contributed by atoms with Crippen molar-refractivity contribution in [2.24, 2.45) is 10.6 Å². The molecule has 0 bridgehead atoms. The second-order valence-corrected chi connectivity index (χ2v) is 6.85. The first-order valence-electron chi connectivity index (χ1n) is 6.97. The average Bonchev–Trinajstić information content (AvgIpc) is 2.90. The lowest BCUT2D eigenvalue weighted by atomic mass is 9.75. The largest absolute Gasteiger partial charge is 0.389 e. The number of nitrogens with zero attached hydrogens (tertiary/aromatic N) is 1. The first-order chi connectivity index (χ1) is 8.43.